The number of hydrogen-bond acceptors (Lipinski definition) is 7. The topological polar surface area (TPSA) is 77.0 Å². The number of thiophene rings is 1. The monoisotopic (exact) mass is 334 g/mol. The molecule has 1 aliphatic carbocycles. The summed E-state index contributed by atoms with van der Waals surface area (Å²) in [5.74, 6) is 2.70. The molecule has 0 unspecified atom stereocenters. The van der Waals surface area contributed by atoms with Crippen molar-refractivity contribution in [2.45, 2.75) is 36.4 Å². The second kappa shape index (κ2) is 5.86. The van der Waals surface area contributed by atoms with Crippen LogP contribution in [0.25, 0.3) is 10.6 Å². The highest BCUT2D eigenvalue weighted by Crippen LogP contribution is 2.39. The van der Waals surface area contributed by atoms with Crippen molar-refractivity contribution in [3.05, 3.63) is 35.4 Å². The number of aliphatic hydroxyl groups excluding tert-OH is 1. The summed E-state index contributed by atoms with van der Waals surface area (Å²) in [6.07, 6.45) is 4.01. The van der Waals surface area contributed by atoms with Crippen molar-refractivity contribution in [3.8, 4) is 10.6 Å². The Morgan fingerprint density at radius 1 is 1.41 bits per heavy atom. The van der Waals surface area contributed by atoms with Gasteiger partial charge in [-0.15, -0.1) is 21.5 Å². The van der Waals surface area contributed by atoms with Crippen molar-refractivity contribution in [2.24, 2.45) is 0 Å². The van der Waals surface area contributed by atoms with Crippen LogP contribution >= 0.6 is 23.1 Å². The summed E-state index contributed by atoms with van der Waals surface area (Å²) in [5.41, 5.74) is 0. The zero-order chi connectivity index (χ0) is 14.9. The predicted octanol–water partition coefficient (Wildman–Crippen LogP) is 3.11. The third-order valence-corrected chi connectivity index (χ3v) is 5.24. The van der Waals surface area contributed by atoms with Crippen LogP contribution in [-0.2, 0) is 12.4 Å². The summed E-state index contributed by atoms with van der Waals surface area (Å²) in [6.45, 7) is -0.0778. The first-order valence-electron chi connectivity index (χ1n) is 7.01. The van der Waals surface area contributed by atoms with Crippen LogP contribution < -0.4 is 0 Å². The van der Waals surface area contributed by atoms with Crippen molar-refractivity contribution in [1.82, 2.24) is 19.7 Å². The molecule has 0 aromatic carbocycles. The molecule has 0 amide bonds. The normalized spacial score (nSPS) is 14.6. The highest BCUT2D eigenvalue weighted by atomic mass is 32.2. The molecule has 3 aromatic rings. The average Bonchev–Trinajstić information content (AvgIpc) is 3.01. The zero-order valence-corrected chi connectivity index (χ0v) is 13.3. The van der Waals surface area contributed by atoms with Gasteiger partial charge in [0.15, 0.2) is 16.7 Å². The van der Waals surface area contributed by atoms with Gasteiger partial charge < -0.3 is 14.1 Å². The molecule has 3 aromatic heterocycles. The fraction of sp³-hybridized carbons (Fsp3) is 0.357. The van der Waals surface area contributed by atoms with E-state index < -0.39 is 0 Å². The summed E-state index contributed by atoms with van der Waals surface area (Å²) in [6, 6.07) is 4.44. The van der Waals surface area contributed by atoms with Crippen LogP contribution in [0.5, 0.6) is 0 Å². The van der Waals surface area contributed by atoms with E-state index in [2.05, 4.69) is 15.2 Å². The van der Waals surface area contributed by atoms with Gasteiger partial charge in [-0.3, -0.25) is 0 Å². The molecule has 1 N–H and O–H groups in total. The molecule has 6 nitrogen and oxygen atoms in total. The Hall–Kier alpha value is -1.64. The lowest BCUT2D eigenvalue weighted by Crippen LogP contribution is -2.02. The minimum Gasteiger partial charge on any atom is -0.439 e. The number of oxazole rings is 1. The molecule has 4 rings (SSSR count). The Bertz CT molecular complexity index is 762. The van der Waals surface area contributed by atoms with Gasteiger partial charge in [0.1, 0.15) is 6.61 Å². The van der Waals surface area contributed by atoms with Gasteiger partial charge >= 0.3 is 0 Å². The Morgan fingerprint density at radius 3 is 3.05 bits per heavy atom. The molecular weight excluding hydrogens is 320 g/mol. The standard InChI is InChI=1S/C14H14N4O2S2/c19-7-12-16-17-14(18(12)9-3-4-9)22-8-13-15-6-10(20-13)11-2-1-5-21-11/h1-2,5-6,9,19H,3-4,7-8H2. The predicted molar refractivity (Wildman–Crippen MR) is 83.6 cm³/mol. The molecule has 0 spiro atoms. The van der Waals surface area contributed by atoms with Crippen LogP contribution in [0.3, 0.4) is 0 Å². The third kappa shape index (κ3) is 2.69. The van der Waals surface area contributed by atoms with Crippen LogP contribution in [0.2, 0.25) is 0 Å². The van der Waals surface area contributed by atoms with E-state index in [1.165, 1.54) is 0 Å². The van der Waals surface area contributed by atoms with E-state index in [0.29, 0.717) is 23.5 Å². The average molecular weight is 334 g/mol. The van der Waals surface area contributed by atoms with Gasteiger partial charge in [0.05, 0.1) is 16.8 Å². The summed E-state index contributed by atoms with van der Waals surface area (Å²) in [5, 5.41) is 20.4. The van der Waals surface area contributed by atoms with Crippen LogP contribution in [-0.4, -0.2) is 24.9 Å². The lowest BCUT2D eigenvalue weighted by Gasteiger charge is -2.05. The lowest BCUT2D eigenvalue weighted by molar-refractivity contribution is 0.263. The minimum absolute atomic E-state index is 0.0778. The van der Waals surface area contributed by atoms with Crippen LogP contribution in [0, 0.1) is 0 Å². The SMILES string of the molecule is OCc1nnc(SCc2ncc(-c3cccs3)o2)n1C1CC1. The second-order valence-electron chi connectivity index (χ2n) is 5.04. The van der Waals surface area contributed by atoms with E-state index in [0.717, 1.165) is 28.6 Å². The van der Waals surface area contributed by atoms with Crippen molar-refractivity contribution in [2.75, 3.05) is 0 Å². The second-order valence-corrected chi connectivity index (χ2v) is 6.93. The molecule has 114 valence electrons. The van der Waals surface area contributed by atoms with Gasteiger partial charge in [0, 0.05) is 6.04 Å². The molecule has 1 fully saturated rings. The minimum atomic E-state index is -0.0778. The summed E-state index contributed by atoms with van der Waals surface area (Å²) in [4.78, 5) is 5.39. The number of nitrogens with zero attached hydrogens (tertiary/aromatic N) is 4. The number of rotatable bonds is 6. The van der Waals surface area contributed by atoms with Gasteiger partial charge in [-0.05, 0) is 24.3 Å². The molecule has 3 heterocycles. The number of aromatic nitrogens is 4. The van der Waals surface area contributed by atoms with Crippen molar-refractivity contribution < 1.29 is 9.52 Å². The summed E-state index contributed by atoms with van der Waals surface area (Å²) >= 11 is 3.17. The quantitative estimate of drug-likeness (QED) is 0.698. The van der Waals surface area contributed by atoms with Gasteiger partial charge in [0.2, 0.25) is 5.89 Å². The Balaban J connectivity index is 1.48. The van der Waals surface area contributed by atoms with E-state index >= 15 is 0 Å². The zero-order valence-electron chi connectivity index (χ0n) is 11.7. The highest BCUT2D eigenvalue weighted by molar-refractivity contribution is 7.98. The van der Waals surface area contributed by atoms with E-state index in [4.69, 9.17) is 4.42 Å². The van der Waals surface area contributed by atoms with Crippen LogP contribution in [0.4, 0.5) is 0 Å². The maximum Gasteiger partial charge on any atom is 0.205 e. The maximum atomic E-state index is 9.34. The van der Waals surface area contributed by atoms with E-state index in [1.54, 1.807) is 29.3 Å². The molecule has 22 heavy (non-hydrogen) atoms. The lowest BCUT2D eigenvalue weighted by atomic mass is 10.4. The molecule has 1 saturated carbocycles. The van der Waals surface area contributed by atoms with Crippen molar-refractivity contribution >= 4 is 23.1 Å². The van der Waals surface area contributed by atoms with E-state index in [-0.39, 0.29) is 6.61 Å². The molecular formula is C14H14N4O2S2. The molecule has 1 aliphatic rings. The smallest absolute Gasteiger partial charge is 0.205 e. The first-order valence-corrected chi connectivity index (χ1v) is 8.87. The first kappa shape index (κ1) is 14.0. The number of hydrogen-bond donors (Lipinski definition) is 1. The largest absolute Gasteiger partial charge is 0.439 e. The van der Waals surface area contributed by atoms with Gasteiger partial charge in [-0.2, -0.15) is 0 Å². The first-order chi connectivity index (χ1) is 10.8. The maximum absolute atomic E-state index is 9.34. The van der Waals surface area contributed by atoms with Gasteiger partial charge in [-0.25, -0.2) is 4.98 Å². The van der Waals surface area contributed by atoms with Crippen LogP contribution in [0.15, 0.2) is 33.3 Å². The van der Waals surface area contributed by atoms with E-state index in [9.17, 15) is 5.11 Å². The van der Waals surface area contributed by atoms with Crippen molar-refractivity contribution in [1.29, 1.82) is 0 Å². The van der Waals surface area contributed by atoms with Gasteiger partial charge in [-0.1, -0.05) is 17.8 Å². The number of thioether (sulfide) groups is 1. The van der Waals surface area contributed by atoms with Crippen molar-refractivity contribution in [3.63, 3.8) is 0 Å². The summed E-state index contributed by atoms with van der Waals surface area (Å²) < 4.78 is 7.81. The Morgan fingerprint density at radius 2 is 2.32 bits per heavy atom. The Kier molecular flexibility index (Phi) is 3.73. The molecule has 0 aliphatic heterocycles. The third-order valence-electron chi connectivity index (χ3n) is 3.43. The van der Waals surface area contributed by atoms with E-state index in [1.807, 2.05) is 22.1 Å². The number of aliphatic hydroxyl groups is 1. The molecule has 0 saturated heterocycles. The molecule has 0 atom stereocenters. The van der Waals surface area contributed by atoms with Crippen LogP contribution in [0.1, 0.15) is 30.6 Å². The fourth-order valence-corrected chi connectivity index (χ4v) is 3.80. The Labute approximate surface area is 135 Å². The molecule has 8 heteroatoms. The molecule has 0 radical (unpaired) electrons. The van der Waals surface area contributed by atoms with Gasteiger partial charge in [0.25, 0.3) is 0 Å². The highest BCUT2D eigenvalue weighted by Gasteiger charge is 2.29. The fourth-order valence-electron chi connectivity index (χ4n) is 2.25. The molecule has 0 bridgehead atoms. The summed E-state index contributed by atoms with van der Waals surface area (Å²) in [7, 11) is 0.